The second-order valence-electron chi connectivity index (χ2n) is 6.02. The average Bonchev–Trinajstić information content (AvgIpc) is 3.14. The predicted molar refractivity (Wildman–Crippen MR) is 97.5 cm³/mol. The van der Waals surface area contributed by atoms with Crippen LogP contribution in [0, 0.1) is 0 Å². The van der Waals surface area contributed by atoms with E-state index >= 15 is 0 Å². The van der Waals surface area contributed by atoms with E-state index in [0.717, 1.165) is 16.2 Å². The van der Waals surface area contributed by atoms with Gasteiger partial charge in [-0.25, -0.2) is 13.4 Å². The fraction of sp³-hybridized carbons (Fsp3) is 0.294. The maximum atomic E-state index is 12.5. The highest BCUT2D eigenvalue weighted by Gasteiger charge is 2.19. The Morgan fingerprint density at radius 1 is 1.32 bits per heavy atom. The van der Waals surface area contributed by atoms with Gasteiger partial charge in [0.15, 0.2) is 14.8 Å². The van der Waals surface area contributed by atoms with Gasteiger partial charge in [-0.1, -0.05) is 12.1 Å². The number of amides is 1. The lowest BCUT2D eigenvalue weighted by atomic mass is 10.1. The first kappa shape index (κ1) is 17.6. The van der Waals surface area contributed by atoms with Crippen molar-refractivity contribution >= 4 is 32.0 Å². The zero-order valence-corrected chi connectivity index (χ0v) is 15.8. The molecule has 0 bridgehead atoms. The van der Waals surface area contributed by atoms with Crippen LogP contribution in [-0.2, 0) is 21.1 Å². The van der Waals surface area contributed by atoms with Gasteiger partial charge in [0.1, 0.15) is 0 Å². The maximum absolute atomic E-state index is 12.5. The van der Waals surface area contributed by atoms with E-state index < -0.39 is 9.84 Å². The minimum Gasteiger partial charge on any atom is -0.339 e. The molecule has 1 aromatic carbocycles. The van der Waals surface area contributed by atoms with E-state index in [2.05, 4.69) is 4.98 Å². The number of hydrogen-bond donors (Lipinski definition) is 0. The largest absolute Gasteiger partial charge is 0.339 e. The van der Waals surface area contributed by atoms with Crippen molar-refractivity contribution in [3.05, 3.63) is 53.3 Å². The summed E-state index contributed by atoms with van der Waals surface area (Å²) in [5.74, 6) is -0.0366. The summed E-state index contributed by atoms with van der Waals surface area (Å²) in [5, 5.41) is 1.95. The van der Waals surface area contributed by atoms with Gasteiger partial charge in [-0.3, -0.25) is 9.20 Å². The van der Waals surface area contributed by atoms with Crippen molar-refractivity contribution in [2.75, 3.05) is 13.3 Å². The van der Waals surface area contributed by atoms with Crippen LogP contribution in [0.15, 0.2) is 46.9 Å². The average molecular weight is 377 g/mol. The molecule has 0 N–H and O–H groups in total. The molecule has 8 heteroatoms. The normalized spacial score (nSPS) is 13.1. The number of fused-ring (bicyclic) bond motifs is 1. The molecule has 25 heavy (non-hydrogen) atoms. The second-order valence-corrected chi connectivity index (χ2v) is 8.91. The van der Waals surface area contributed by atoms with Gasteiger partial charge in [0.05, 0.1) is 23.1 Å². The molecule has 0 aliphatic heterocycles. The molecule has 3 rings (SSSR count). The van der Waals surface area contributed by atoms with Crippen molar-refractivity contribution in [1.82, 2.24) is 14.3 Å². The molecule has 132 valence electrons. The summed E-state index contributed by atoms with van der Waals surface area (Å²) in [4.78, 5) is 19.8. The maximum Gasteiger partial charge on any atom is 0.228 e. The predicted octanol–water partition coefficient (Wildman–Crippen LogP) is 2.56. The molecule has 6 nitrogen and oxygen atoms in total. The van der Waals surface area contributed by atoms with Gasteiger partial charge in [0.25, 0.3) is 0 Å². The topological polar surface area (TPSA) is 71.8 Å². The second kappa shape index (κ2) is 6.61. The molecule has 1 unspecified atom stereocenters. The fourth-order valence-corrected chi connectivity index (χ4v) is 3.92. The van der Waals surface area contributed by atoms with Gasteiger partial charge in [-0.15, -0.1) is 11.3 Å². The zero-order valence-electron chi connectivity index (χ0n) is 14.2. The molecule has 3 aromatic rings. The Morgan fingerprint density at radius 2 is 2.00 bits per heavy atom. The van der Waals surface area contributed by atoms with Gasteiger partial charge in [0, 0.05) is 31.1 Å². The Hall–Kier alpha value is -2.19. The van der Waals surface area contributed by atoms with E-state index in [1.54, 1.807) is 36.2 Å². The fourth-order valence-electron chi connectivity index (χ4n) is 2.57. The van der Waals surface area contributed by atoms with E-state index in [1.165, 1.54) is 17.6 Å². The molecule has 2 heterocycles. The third-order valence-electron chi connectivity index (χ3n) is 4.24. The van der Waals surface area contributed by atoms with Crippen molar-refractivity contribution in [3.63, 3.8) is 0 Å². The number of imidazole rings is 1. The van der Waals surface area contributed by atoms with Gasteiger partial charge < -0.3 is 4.90 Å². The van der Waals surface area contributed by atoms with Gasteiger partial charge >= 0.3 is 0 Å². The lowest BCUT2D eigenvalue weighted by molar-refractivity contribution is -0.131. The molecule has 0 spiro atoms. The molecule has 0 saturated heterocycles. The summed E-state index contributed by atoms with van der Waals surface area (Å²) in [6.45, 7) is 1.92. The highest BCUT2D eigenvalue weighted by molar-refractivity contribution is 7.90. The smallest absolute Gasteiger partial charge is 0.228 e. The summed E-state index contributed by atoms with van der Waals surface area (Å²) in [7, 11) is -1.47. The summed E-state index contributed by atoms with van der Waals surface area (Å²) in [6.07, 6.45) is 5.19. The van der Waals surface area contributed by atoms with Gasteiger partial charge in [0.2, 0.25) is 5.91 Å². The van der Waals surface area contributed by atoms with E-state index in [1.807, 2.05) is 29.1 Å². The van der Waals surface area contributed by atoms with Crippen molar-refractivity contribution in [2.45, 2.75) is 24.3 Å². The van der Waals surface area contributed by atoms with E-state index in [4.69, 9.17) is 0 Å². The van der Waals surface area contributed by atoms with Gasteiger partial charge in [-0.05, 0) is 24.6 Å². The number of likely N-dealkylation sites (N-methyl/N-ethyl adjacent to an activating group) is 1. The van der Waals surface area contributed by atoms with Crippen LogP contribution < -0.4 is 0 Å². The number of carbonyl (C=O) groups is 1. The molecule has 1 atom stereocenters. The third-order valence-corrected chi connectivity index (χ3v) is 6.14. The minimum absolute atomic E-state index is 0.0366. The number of rotatable bonds is 5. The van der Waals surface area contributed by atoms with Crippen LogP contribution >= 0.6 is 11.3 Å². The zero-order chi connectivity index (χ0) is 18.2. The van der Waals surface area contributed by atoms with Crippen LogP contribution in [-0.4, -0.2) is 41.9 Å². The molecule has 0 radical (unpaired) electrons. The number of hydrogen-bond acceptors (Lipinski definition) is 5. The lowest BCUT2D eigenvalue weighted by Gasteiger charge is -2.25. The Kier molecular flexibility index (Phi) is 4.66. The summed E-state index contributed by atoms with van der Waals surface area (Å²) < 4.78 is 25.0. The Morgan fingerprint density at radius 3 is 2.60 bits per heavy atom. The molecule has 0 fully saturated rings. The number of thiazole rings is 1. The standard InChI is InChI=1S/C17H19N3O3S2/c1-12(13-4-6-15(7-5-13)25(3,22)23)19(2)16(21)10-14-11-20-8-9-24-17(20)18-14/h4-9,11-12H,10H2,1-3H3. The molecule has 0 aliphatic carbocycles. The van der Waals surface area contributed by atoms with Crippen LogP contribution in [0.4, 0.5) is 0 Å². The van der Waals surface area contributed by atoms with Crippen molar-refractivity contribution in [3.8, 4) is 0 Å². The van der Waals surface area contributed by atoms with E-state index in [-0.39, 0.29) is 23.3 Å². The minimum atomic E-state index is -3.22. The van der Waals surface area contributed by atoms with Crippen LogP contribution in [0.2, 0.25) is 0 Å². The number of carbonyl (C=O) groups excluding carboxylic acids is 1. The number of sulfone groups is 1. The first-order valence-electron chi connectivity index (χ1n) is 7.72. The highest BCUT2D eigenvalue weighted by Crippen LogP contribution is 2.22. The first-order chi connectivity index (χ1) is 11.8. The van der Waals surface area contributed by atoms with Crippen LogP contribution in [0.25, 0.3) is 4.96 Å². The molecular weight excluding hydrogens is 358 g/mol. The quantitative estimate of drug-likeness (QED) is 0.685. The lowest BCUT2D eigenvalue weighted by Crippen LogP contribution is -2.31. The Balaban J connectivity index is 1.71. The summed E-state index contributed by atoms with van der Waals surface area (Å²) in [6, 6.07) is 6.48. The molecule has 2 aromatic heterocycles. The van der Waals surface area contributed by atoms with Crippen LogP contribution in [0.1, 0.15) is 24.2 Å². The monoisotopic (exact) mass is 377 g/mol. The Labute approximate surface area is 150 Å². The number of nitrogens with zero attached hydrogens (tertiary/aromatic N) is 3. The first-order valence-corrected chi connectivity index (χ1v) is 10.5. The third kappa shape index (κ3) is 3.74. The number of benzene rings is 1. The highest BCUT2D eigenvalue weighted by atomic mass is 32.2. The van der Waals surface area contributed by atoms with Crippen molar-refractivity contribution in [2.24, 2.45) is 0 Å². The van der Waals surface area contributed by atoms with Crippen LogP contribution in [0.3, 0.4) is 0 Å². The van der Waals surface area contributed by atoms with E-state index in [9.17, 15) is 13.2 Å². The SMILES string of the molecule is CC(c1ccc(S(C)(=O)=O)cc1)N(C)C(=O)Cc1cn2ccsc2n1. The van der Waals surface area contributed by atoms with Crippen molar-refractivity contribution < 1.29 is 13.2 Å². The molecular formula is C17H19N3O3S2. The summed E-state index contributed by atoms with van der Waals surface area (Å²) in [5.41, 5.74) is 1.62. The van der Waals surface area contributed by atoms with Crippen LogP contribution in [0.5, 0.6) is 0 Å². The Bertz CT molecular complexity index is 975. The van der Waals surface area contributed by atoms with E-state index in [0.29, 0.717) is 0 Å². The molecule has 0 aliphatic rings. The molecule has 0 saturated carbocycles. The van der Waals surface area contributed by atoms with Crippen molar-refractivity contribution in [1.29, 1.82) is 0 Å². The molecule has 1 amide bonds. The number of aromatic nitrogens is 2. The summed E-state index contributed by atoms with van der Waals surface area (Å²) >= 11 is 1.53. The van der Waals surface area contributed by atoms with Gasteiger partial charge in [-0.2, -0.15) is 0 Å².